The van der Waals surface area contributed by atoms with Gasteiger partial charge in [-0.25, -0.2) is 4.39 Å². The molecule has 0 bridgehead atoms. The van der Waals surface area contributed by atoms with Crippen LogP contribution in [0.5, 0.6) is 0 Å². The van der Waals surface area contributed by atoms with Crippen LogP contribution in [-0.2, 0) is 0 Å². The van der Waals surface area contributed by atoms with Crippen molar-refractivity contribution in [3.8, 4) is 0 Å². The molecule has 3 nitrogen and oxygen atoms in total. The number of benzene rings is 2. The molecule has 0 aliphatic carbocycles. The minimum absolute atomic E-state index is 0.147. The minimum Gasteiger partial charge on any atom is -0.399 e. The van der Waals surface area contributed by atoms with Crippen LogP contribution in [0.4, 0.5) is 21.5 Å². The predicted octanol–water partition coefficient (Wildman–Crippen LogP) is 3.04. The molecule has 21 heavy (non-hydrogen) atoms. The normalized spacial score (nSPS) is 15.3. The van der Waals surface area contributed by atoms with Gasteiger partial charge in [-0.15, -0.1) is 0 Å². The number of nitrogens with two attached hydrogens (primary N) is 1. The van der Waals surface area contributed by atoms with E-state index < -0.39 is 0 Å². The first kappa shape index (κ1) is 13.7. The molecule has 3 rings (SSSR count). The van der Waals surface area contributed by atoms with Crippen molar-refractivity contribution < 1.29 is 4.39 Å². The van der Waals surface area contributed by atoms with E-state index in [1.54, 1.807) is 6.07 Å². The fourth-order valence-corrected chi connectivity index (χ4v) is 2.89. The number of anilines is 3. The van der Waals surface area contributed by atoms with E-state index in [0.29, 0.717) is 5.69 Å². The summed E-state index contributed by atoms with van der Waals surface area (Å²) >= 11 is 0. The highest BCUT2D eigenvalue weighted by molar-refractivity contribution is 5.59. The van der Waals surface area contributed by atoms with Crippen molar-refractivity contribution in [2.24, 2.45) is 0 Å². The molecule has 1 fully saturated rings. The zero-order valence-corrected chi connectivity index (χ0v) is 12.2. The molecule has 110 valence electrons. The van der Waals surface area contributed by atoms with Crippen LogP contribution >= 0.6 is 0 Å². The van der Waals surface area contributed by atoms with Crippen LogP contribution in [0.3, 0.4) is 0 Å². The number of hydrogen-bond acceptors (Lipinski definition) is 3. The van der Waals surface area contributed by atoms with Gasteiger partial charge >= 0.3 is 0 Å². The smallest absolute Gasteiger partial charge is 0.146 e. The standard InChI is InChI=1S/C17H20FN3/c1-13-10-14(19)12-15(11-13)20-6-8-21(9-7-20)17-5-3-2-4-16(17)18/h2-5,10-12H,6-9,19H2,1H3. The van der Waals surface area contributed by atoms with Crippen molar-refractivity contribution in [1.82, 2.24) is 0 Å². The first-order valence-corrected chi connectivity index (χ1v) is 7.25. The molecular weight excluding hydrogens is 265 g/mol. The highest BCUT2D eigenvalue weighted by Crippen LogP contribution is 2.24. The van der Waals surface area contributed by atoms with Gasteiger partial charge in [0.1, 0.15) is 5.82 Å². The van der Waals surface area contributed by atoms with Crippen LogP contribution < -0.4 is 15.5 Å². The maximum Gasteiger partial charge on any atom is 0.146 e. The molecule has 2 aromatic rings. The molecule has 1 aliphatic heterocycles. The number of hydrogen-bond donors (Lipinski definition) is 1. The van der Waals surface area contributed by atoms with Crippen molar-refractivity contribution in [1.29, 1.82) is 0 Å². The third-order valence-electron chi connectivity index (χ3n) is 3.92. The van der Waals surface area contributed by atoms with E-state index in [-0.39, 0.29) is 5.82 Å². The fraction of sp³-hybridized carbons (Fsp3) is 0.294. The molecule has 0 unspecified atom stereocenters. The lowest BCUT2D eigenvalue weighted by molar-refractivity contribution is 0.598. The Morgan fingerprint density at radius 1 is 0.952 bits per heavy atom. The molecule has 1 aliphatic rings. The van der Waals surface area contributed by atoms with Crippen molar-refractivity contribution in [2.75, 3.05) is 41.7 Å². The minimum atomic E-state index is -0.147. The van der Waals surface area contributed by atoms with Gasteiger partial charge in [0.2, 0.25) is 0 Å². The number of aryl methyl sites for hydroxylation is 1. The molecule has 2 aromatic carbocycles. The first-order chi connectivity index (χ1) is 10.1. The predicted molar refractivity (Wildman–Crippen MR) is 86.4 cm³/mol. The molecule has 0 saturated carbocycles. The number of rotatable bonds is 2. The van der Waals surface area contributed by atoms with E-state index in [9.17, 15) is 4.39 Å². The quantitative estimate of drug-likeness (QED) is 0.861. The zero-order chi connectivity index (χ0) is 14.8. The van der Waals surface area contributed by atoms with Crippen LogP contribution in [0.2, 0.25) is 0 Å². The van der Waals surface area contributed by atoms with Gasteiger partial charge in [-0.3, -0.25) is 0 Å². The lowest BCUT2D eigenvalue weighted by Gasteiger charge is -2.37. The monoisotopic (exact) mass is 285 g/mol. The molecule has 0 radical (unpaired) electrons. The summed E-state index contributed by atoms with van der Waals surface area (Å²) in [5, 5.41) is 0. The van der Waals surface area contributed by atoms with E-state index in [2.05, 4.69) is 22.8 Å². The van der Waals surface area contributed by atoms with Gasteiger partial charge in [0.25, 0.3) is 0 Å². The Kier molecular flexibility index (Phi) is 3.69. The molecule has 0 spiro atoms. The summed E-state index contributed by atoms with van der Waals surface area (Å²) in [5.41, 5.74) is 9.73. The van der Waals surface area contributed by atoms with E-state index in [0.717, 1.165) is 37.6 Å². The maximum atomic E-state index is 13.8. The first-order valence-electron chi connectivity index (χ1n) is 7.25. The summed E-state index contributed by atoms with van der Waals surface area (Å²) in [4.78, 5) is 4.41. The van der Waals surface area contributed by atoms with Crippen LogP contribution in [0.1, 0.15) is 5.56 Å². The summed E-state index contributed by atoms with van der Waals surface area (Å²) < 4.78 is 13.8. The van der Waals surface area contributed by atoms with Crippen molar-refractivity contribution >= 4 is 17.1 Å². The van der Waals surface area contributed by atoms with Gasteiger partial charge < -0.3 is 15.5 Å². The van der Waals surface area contributed by atoms with Crippen LogP contribution in [0.25, 0.3) is 0 Å². The second kappa shape index (κ2) is 5.64. The van der Waals surface area contributed by atoms with Gasteiger partial charge in [0.15, 0.2) is 0 Å². The second-order valence-corrected chi connectivity index (χ2v) is 5.53. The summed E-state index contributed by atoms with van der Waals surface area (Å²) in [6.45, 7) is 5.42. The van der Waals surface area contributed by atoms with E-state index >= 15 is 0 Å². The van der Waals surface area contributed by atoms with Gasteiger partial charge in [0.05, 0.1) is 5.69 Å². The van der Waals surface area contributed by atoms with Gasteiger partial charge in [0, 0.05) is 37.6 Å². The Bertz CT molecular complexity index is 613. The summed E-state index contributed by atoms with van der Waals surface area (Å²) in [6, 6.07) is 13.1. The van der Waals surface area contributed by atoms with Gasteiger partial charge in [-0.2, -0.15) is 0 Å². The highest BCUT2D eigenvalue weighted by atomic mass is 19.1. The molecule has 0 amide bonds. The Balaban J connectivity index is 1.72. The third-order valence-corrected chi connectivity index (χ3v) is 3.92. The summed E-state index contributed by atoms with van der Waals surface area (Å²) in [6.07, 6.45) is 0. The van der Waals surface area contributed by atoms with Crippen molar-refractivity contribution in [2.45, 2.75) is 6.92 Å². The average Bonchev–Trinajstić information content (AvgIpc) is 2.47. The average molecular weight is 285 g/mol. The molecule has 0 aromatic heterocycles. The Morgan fingerprint density at radius 3 is 2.29 bits per heavy atom. The molecular formula is C17H20FN3. The summed E-state index contributed by atoms with van der Waals surface area (Å²) in [5.74, 6) is -0.147. The lowest BCUT2D eigenvalue weighted by atomic mass is 10.1. The molecule has 4 heteroatoms. The van der Waals surface area contributed by atoms with Crippen molar-refractivity contribution in [3.63, 3.8) is 0 Å². The summed E-state index contributed by atoms with van der Waals surface area (Å²) in [7, 11) is 0. The lowest BCUT2D eigenvalue weighted by Crippen LogP contribution is -2.46. The Labute approximate surface area is 124 Å². The van der Waals surface area contributed by atoms with Crippen molar-refractivity contribution in [3.05, 3.63) is 53.8 Å². The van der Waals surface area contributed by atoms with Gasteiger partial charge in [-0.1, -0.05) is 12.1 Å². The maximum absolute atomic E-state index is 13.8. The zero-order valence-electron chi connectivity index (χ0n) is 12.2. The SMILES string of the molecule is Cc1cc(N)cc(N2CCN(c3ccccc3F)CC2)c1. The number of nitrogen functional groups attached to an aromatic ring is 1. The Hall–Kier alpha value is -2.23. The third kappa shape index (κ3) is 2.94. The molecule has 1 heterocycles. The number of piperazine rings is 1. The highest BCUT2D eigenvalue weighted by Gasteiger charge is 2.19. The topological polar surface area (TPSA) is 32.5 Å². The molecule has 0 atom stereocenters. The Morgan fingerprint density at radius 2 is 1.62 bits per heavy atom. The largest absolute Gasteiger partial charge is 0.399 e. The second-order valence-electron chi connectivity index (χ2n) is 5.53. The number of halogens is 1. The van der Waals surface area contributed by atoms with E-state index in [1.807, 2.05) is 24.3 Å². The van der Waals surface area contributed by atoms with Gasteiger partial charge in [-0.05, 0) is 42.8 Å². The van der Waals surface area contributed by atoms with E-state index in [1.165, 1.54) is 11.6 Å². The fourth-order valence-electron chi connectivity index (χ4n) is 2.89. The number of nitrogens with zero attached hydrogens (tertiary/aromatic N) is 2. The molecule has 2 N–H and O–H groups in total. The van der Waals surface area contributed by atoms with Crippen LogP contribution in [-0.4, -0.2) is 26.2 Å². The van der Waals surface area contributed by atoms with Crippen LogP contribution in [0, 0.1) is 12.7 Å². The number of para-hydroxylation sites is 1. The van der Waals surface area contributed by atoms with Crippen LogP contribution in [0.15, 0.2) is 42.5 Å². The van der Waals surface area contributed by atoms with E-state index in [4.69, 9.17) is 5.73 Å². The molecule has 1 saturated heterocycles.